The molecule has 1 atom stereocenters. The Kier molecular flexibility index (Phi) is 7.22. The predicted molar refractivity (Wildman–Crippen MR) is 132 cm³/mol. The van der Waals surface area contributed by atoms with Crippen LogP contribution in [-0.2, 0) is 11.8 Å². The van der Waals surface area contributed by atoms with Crippen molar-refractivity contribution in [2.24, 2.45) is 13.0 Å². The number of halogens is 1. The van der Waals surface area contributed by atoms with Crippen LogP contribution in [0.5, 0.6) is 5.75 Å². The first-order valence-electron chi connectivity index (χ1n) is 11.1. The van der Waals surface area contributed by atoms with Crippen molar-refractivity contribution >= 4 is 39.4 Å². The molecule has 8 heteroatoms. The van der Waals surface area contributed by atoms with Crippen LogP contribution in [0, 0.1) is 12.8 Å². The zero-order valence-corrected chi connectivity index (χ0v) is 21.0. The van der Waals surface area contributed by atoms with Crippen molar-refractivity contribution in [2.75, 3.05) is 6.61 Å². The Morgan fingerprint density at radius 1 is 1.18 bits per heavy atom. The summed E-state index contributed by atoms with van der Waals surface area (Å²) in [5.74, 6) is 0.786. The fourth-order valence-electron chi connectivity index (χ4n) is 3.79. The van der Waals surface area contributed by atoms with Crippen LogP contribution in [0.25, 0.3) is 21.7 Å². The van der Waals surface area contributed by atoms with E-state index in [9.17, 15) is 9.59 Å². The summed E-state index contributed by atoms with van der Waals surface area (Å²) in [6.07, 6.45) is 1.82. The molecule has 7 nitrogen and oxygen atoms in total. The molecule has 0 aliphatic rings. The zero-order chi connectivity index (χ0) is 24.5. The molecule has 0 saturated carbocycles. The first-order valence-corrected chi connectivity index (χ1v) is 11.4. The molecule has 0 radical (unpaired) electrons. The van der Waals surface area contributed by atoms with E-state index in [0.29, 0.717) is 34.0 Å². The summed E-state index contributed by atoms with van der Waals surface area (Å²) in [7, 11) is 1.72. The fraction of sp³-hybridized carbons (Fsp3) is 0.480. The molecule has 2 heterocycles. The number of nitrogens with zero attached hydrogens (tertiary/aromatic N) is 2. The molecule has 3 rings (SSSR count). The molecular weight excluding hydrogens is 442 g/mol. The van der Waals surface area contributed by atoms with Crippen molar-refractivity contribution in [1.82, 2.24) is 14.9 Å². The van der Waals surface area contributed by atoms with Gasteiger partial charge in [0.2, 0.25) is 0 Å². The minimum Gasteiger partial charge on any atom is -0.490 e. The monoisotopic (exact) mass is 473 g/mol. The normalized spacial score (nSPS) is 12.9. The molecule has 3 aromatic rings. The second-order valence-electron chi connectivity index (χ2n) is 9.82. The number of aryl methyl sites for hydroxylation is 2. The maximum absolute atomic E-state index is 12.9. The average Bonchev–Trinajstić information content (AvgIpc) is 2.68. The molecule has 0 bridgehead atoms. The van der Waals surface area contributed by atoms with Crippen molar-refractivity contribution in [2.45, 2.75) is 59.6 Å². The molecule has 0 unspecified atom stereocenters. The molecule has 0 fully saturated rings. The van der Waals surface area contributed by atoms with E-state index < -0.39 is 11.7 Å². The number of amides is 1. The highest BCUT2D eigenvalue weighted by molar-refractivity contribution is 6.33. The second kappa shape index (κ2) is 9.59. The maximum atomic E-state index is 12.9. The van der Waals surface area contributed by atoms with E-state index in [1.165, 1.54) is 0 Å². The molecule has 178 valence electrons. The van der Waals surface area contributed by atoms with Crippen LogP contribution in [0.3, 0.4) is 0 Å². The van der Waals surface area contributed by atoms with Gasteiger partial charge in [0.25, 0.3) is 5.56 Å². The van der Waals surface area contributed by atoms with E-state index in [1.807, 2.05) is 39.8 Å². The van der Waals surface area contributed by atoms with E-state index in [2.05, 4.69) is 24.1 Å². The number of alkyl carbamates (subject to hydrolysis) is 1. The Balaban J connectivity index is 1.92. The SMILES string of the molecule is Cc1cc2c(cn1)c(=O)n(C)c1cc(OC[C@H](CC(C)C)NC(=O)OC(C)(C)C)c(Cl)cc21. The molecule has 1 N–H and O–H groups in total. The number of nitrogens with one attached hydrogen (secondary N) is 1. The summed E-state index contributed by atoms with van der Waals surface area (Å²) in [4.78, 5) is 29.4. The maximum Gasteiger partial charge on any atom is 0.407 e. The largest absolute Gasteiger partial charge is 0.490 e. The number of hydrogen-bond acceptors (Lipinski definition) is 5. The summed E-state index contributed by atoms with van der Waals surface area (Å²) in [5, 5.41) is 5.51. The minimum atomic E-state index is -0.587. The molecule has 33 heavy (non-hydrogen) atoms. The highest BCUT2D eigenvalue weighted by atomic mass is 35.5. The van der Waals surface area contributed by atoms with Gasteiger partial charge in [0, 0.05) is 30.4 Å². The fourth-order valence-corrected chi connectivity index (χ4v) is 4.01. The molecule has 1 aromatic carbocycles. The van der Waals surface area contributed by atoms with Crippen molar-refractivity contribution in [3.05, 3.63) is 45.5 Å². The van der Waals surface area contributed by atoms with E-state index in [0.717, 1.165) is 16.5 Å². The lowest BCUT2D eigenvalue weighted by atomic mass is 10.0. The van der Waals surface area contributed by atoms with Crippen molar-refractivity contribution < 1.29 is 14.3 Å². The first kappa shape index (κ1) is 24.8. The molecule has 0 spiro atoms. The van der Waals surface area contributed by atoms with E-state index >= 15 is 0 Å². The highest BCUT2D eigenvalue weighted by Gasteiger charge is 2.21. The number of carbonyl (C=O) groups is 1. The van der Waals surface area contributed by atoms with Crippen LogP contribution in [0.15, 0.2) is 29.2 Å². The quantitative estimate of drug-likeness (QED) is 0.487. The minimum absolute atomic E-state index is 0.137. The van der Waals surface area contributed by atoms with Crippen LogP contribution in [0.4, 0.5) is 4.79 Å². The third-order valence-electron chi connectivity index (χ3n) is 5.19. The average molecular weight is 474 g/mol. The molecular formula is C25H32ClN3O4. The van der Waals surface area contributed by atoms with Gasteiger partial charge in [-0.25, -0.2) is 4.79 Å². The van der Waals surface area contributed by atoms with Gasteiger partial charge in [0.15, 0.2) is 0 Å². The summed E-state index contributed by atoms with van der Waals surface area (Å²) >= 11 is 6.58. The van der Waals surface area contributed by atoms with Crippen molar-refractivity contribution in [1.29, 1.82) is 0 Å². The predicted octanol–water partition coefficient (Wildman–Crippen LogP) is 5.37. The molecule has 1 amide bonds. The Morgan fingerprint density at radius 3 is 2.52 bits per heavy atom. The summed E-state index contributed by atoms with van der Waals surface area (Å²) in [5.41, 5.74) is 0.801. The lowest BCUT2D eigenvalue weighted by molar-refractivity contribution is 0.0480. The zero-order valence-electron chi connectivity index (χ0n) is 20.3. The standard InChI is InChI=1S/C25H32ClN3O4/c1-14(2)8-16(28-24(31)33-25(4,5)6)13-32-22-11-21-18(10-20(22)26)17-9-15(3)27-12-19(17)23(30)29(21)7/h9-12,14,16H,8,13H2,1-7H3,(H,28,31)/t16-/m0/s1. The third-order valence-corrected chi connectivity index (χ3v) is 5.49. The van der Waals surface area contributed by atoms with Gasteiger partial charge < -0.3 is 19.4 Å². The smallest absolute Gasteiger partial charge is 0.407 e. The first-order chi connectivity index (χ1) is 15.4. The van der Waals surface area contributed by atoms with Crippen LogP contribution in [0.2, 0.25) is 5.02 Å². The van der Waals surface area contributed by atoms with Crippen LogP contribution in [0.1, 0.15) is 46.7 Å². The number of aromatic nitrogens is 2. The summed E-state index contributed by atoms with van der Waals surface area (Å²) in [6, 6.07) is 5.21. The Morgan fingerprint density at radius 2 is 1.88 bits per heavy atom. The van der Waals surface area contributed by atoms with Gasteiger partial charge in [-0.2, -0.15) is 0 Å². The second-order valence-corrected chi connectivity index (χ2v) is 10.2. The summed E-state index contributed by atoms with van der Waals surface area (Å²) < 4.78 is 13.0. The Hall–Kier alpha value is -2.80. The number of benzene rings is 1. The lowest BCUT2D eigenvalue weighted by Gasteiger charge is -2.25. The third kappa shape index (κ3) is 5.96. The number of ether oxygens (including phenoxy) is 2. The molecule has 0 aliphatic heterocycles. The van der Waals surface area contributed by atoms with Gasteiger partial charge in [-0.15, -0.1) is 0 Å². The lowest BCUT2D eigenvalue weighted by Crippen LogP contribution is -2.42. The van der Waals surface area contributed by atoms with Crippen molar-refractivity contribution in [3.8, 4) is 5.75 Å². The van der Waals surface area contributed by atoms with Gasteiger partial charge >= 0.3 is 6.09 Å². The van der Waals surface area contributed by atoms with Gasteiger partial charge in [0.05, 0.1) is 22.0 Å². The van der Waals surface area contributed by atoms with Gasteiger partial charge in [-0.05, 0) is 57.6 Å². The molecule has 0 saturated heterocycles. The Bertz CT molecular complexity index is 1240. The van der Waals surface area contributed by atoms with Crippen LogP contribution in [-0.4, -0.2) is 33.9 Å². The van der Waals surface area contributed by atoms with E-state index in [-0.39, 0.29) is 18.2 Å². The number of carbonyl (C=O) groups excluding carboxylic acids is 1. The van der Waals surface area contributed by atoms with Crippen LogP contribution >= 0.6 is 11.6 Å². The van der Waals surface area contributed by atoms with Crippen molar-refractivity contribution in [3.63, 3.8) is 0 Å². The van der Waals surface area contributed by atoms with E-state index in [4.69, 9.17) is 21.1 Å². The van der Waals surface area contributed by atoms with Gasteiger partial charge in [0.1, 0.15) is 18.0 Å². The summed E-state index contributed by atoms with van der Waals surface area (Å²) in [6.45, 7) is 11.7. The van der Waals surface area contributed by atoms with E-state index in [1.54, 1.807) is 23.9 Å². The molecule has 0 aliphatic carbocycles. The number of pyridine rings is 2. The topological polar surface area (TPSA) is 82.5 Å². The molecule has 2 aromatic heterocycles. The van der Waals surface area contributed by atoms with Crippen LogP contribution < -0.4 is 15.6 Å². The number of fused-ring (bicyclic) bond motifs is 3. The number of hydrogen-bond donors (Lipinski definition) is 1. The van der Waals surface area contributed by atoms with Gasteiger partial charge in [-0.1, -0.05) is 25.4 Å². The highest BCUT2D eigenvalue weighted by Crippen LogP contribution is 2.33. The Labute approximate surface area is 199 Å². The number of rotatable bonds is 6. The van der Waals surface area contributed by atoms with Gasteiger partial charge in [-0.3, -0.25) is 9.78 Å².